The molecule has 0 radical (unpaired) electrons. The lowest BCUT2D eigenvalue weighted by atomic mass is 10.0. The first kappa shape index (κ1) is 21.4. The van der Waals surface area contributed by atoms with Gasteiger partial charge in [-0.25, -0.2) is 0 Å². The van der Waals surface area contributed by atoms with Gasteiger partial charge in [-0.1, -0.05) is 54.6 Å². The van der Waals surface area contributed by atoms with E-state index in [-0.39, 0.29) is 25.4 Å². The molecule has 4 nitrogen and oxygen atoms in total. The van der Waals surface area contributed by atoms with Crippen LogP contribution in [-0.2, 0) is 22.6 Å². The van der Waals surface area contributed by atoms with Gasteiger partial charge in [-0.3, -0.25) is 9.59 Å². The highest BCUT2D eigenvalue weighted by Crippen LogP contribution is 2.21. The van der Waals surface area contributed by atoms with Crippen molar-refractivity contribution in [3.8, 4) is 0 Å². The molecule has 3 aromatic carbocycles. The van der Waals surface area contributed by atoms with Gasteiger partial charge in [-0.2, -0.15) is 13.2 Å². The Kier molecular flexibility index (Phi) is 6.40. The van der Waals surface area contributed by atoms with Crippen LogP contribution in [0.3, 0.4) is 0 Å². The highest BCUT2D eigenvalue weighted by molar-refractivity contribution is 5.93. The maximum absolute atomic E-state index is 12.7. The summed E-state index contributed by atoms with van der Waals surface area (Å²) in [5.74, 6) is -2.11. The lowest BCUT2D eigenvalue weighted by Crippen LogP contribution is -2.40. The number of carbonyl (C=O) groups excluding carboxylic acids is 2. The van der Waals surface area contributed by atoms with E-state index < -0.39 is 12.1 Å². The molecular weight excluding hydrogens is 393 g/mol. The molecule has 0 unspecified atom stereocenters. The van der Waals surface area contributed by atoms with E-state index in [0.29, 0.717) is 11.3 Å². The number of rotatable bonds is 6. The van der Waals surface area contributed by atoms with E-state index in [1.165, 1.54) is 6.92 Å². The quantitative estimate of drug-likeness (QED) is 0.622. The number of nitrogens with one attached hydrogen (secondary N) is 1. The highest BCUT2D eigenvalue weighted by Gasteiger charge is 2.41. The number of hydrogen-bond donors (Lipinski definition) is 1. The number of halogens is 3. The van der Waals surface area contributed by atoms with Crippen molar-refractivity contribution < 1.29 is 22.8 Å². The maximum Gasteiger partial charge on any atom is 0.471 e. The smallest absolute Gasteiger partial charge is 0.331 e. The van der Waals surface area contributed by atoms with Gasteiger partial charge in [0.15, 0.2) is 0 Å². The van der Waals surface area contributed by atoms with Crippen molar-refractivity contribution >= 4 is 28.3 Å². The second-order valence-electron chi connectivity index (χ2n) is 6.92. The Bertz CT molecular complexity index is 1060. The molecule has 0 saturated carbocycles. The van der Waals surface area contributed by atoms with Gasteiger partial charge in [0.05, 0.1) is 6.42 Å². The van der Waals surface area contributed by atoms with E-state index in [1.807, 2.05) is 42.5 Å². The van der Waals surface area contributed by atoms with Crippen molar-refractivity contribution in [3.63, 3.8) is 0 Å². The lowest BCUT2D eigenvalue weighted by Gasteiger charge is -2.22. The maximum atomic E-state index is 12.7. The highest BCUT2D eigenvalue weighted by atomic mass is 19.4. The van der Waals surface area contributed by atoms with Crippen molar-refractivity contribution in [2.24, 2.45) is 0 Å². The Morgan fingerprint density at radius 1 is 0.900 bits per heavy atom. The third kappa shape index (κ3) is 5.37. The molecule has 30 heavy (non-hydrogen) atoms. The third-order valence-electron chi connectivity index (χ3n) is 4.67. The summed E-state index contributed by atoms with van der Waals surface area (Å²) in [4.78, 5) is 24.6. The fraction of sp³-hybridized carbons (Fsp3) is 0.217. The molecule has 0 aliphatic rings. The molecule has 7 heteroatoms. The molecule has 3 aromatic rings. The number of hydrogen-bond acceptors (Lipinski definition) is 2. The van der Waals surface area contributed by atoms with Crippen molar-refractivity contribution in [1.82, 2.24) is 4.90 Å². The molecule has 0 heterocycles. The number of benzene rings is 3. The van der Waals surface area contributed by atoms with Crippen molar-refractivity contribution in [2.75, 3.05) is 11.9 Å². The van der Waals surface area contributed by atoms with E-state index in [2.05, 4.69) is 5.32 Å². The van der Waals surface area contributed by atoms with Crippen LogP contribution in [0, 0.1) is 0 Å². The zero-order valence-electron chi connectivity index (χ0n) is 16.4. The lowest BCUT2D eigenvalue weighted by molar-refractivity contribution is -0.185. The molecule has 2 amide bonds. The summed E-state index contributed by atoms with van der Waals surface area (Å²) in [6.07, 6.45) is -4.75. The zero-order chi connectivity index (χ0) is 21.7. The van der Waals surface area contributed by atoms with Gasteiger partial charge in [-0.15, -0.1) is 0 Å². The van der Waals surface area contributed by atoms with Gasteiger partial charge < -0.3 is 10.2 Å². The summed E-state index contributed by atoms with van der Waals surface area (Å²) in [7, 11) is 0. The number of anilines is 1. The minimum Gasteiger partial charge on any atom is -0.331 e. The fourth-order valence-corrected chi connectivity index (χ4v) is 3.21. The minimum atomic E-state index is -4.91. The Hall–Kier alpha value is -3.35. The van der Waals surface area contributed by atoms with Crippen LogP contribution in [0.2, 0.25) is 0 Å². The molecule has 0 aliphatic heterocycles. The van der Waals surface area contributed by atoms with Crippen LogP contribution in [0.15, 0.2) is 66.7 Å². The van der Waals surface area contributed by atoms with Crippen molar-refractivity contribution in [1.29, 1.82) is 0 Å². The molecule has 1 N–H and O–H groups in total. The number of fused-ring (bicyclic) bond motifs is 1. The number of amides is 2. The molecule has 0 aromatic heterocycles. The minimum absolute atomic E-state index is 0.0725. The average molecular weight is 414 g/mol. The molecule has 0 bridgehead atoms. The molecule has 0 aliphatic carbocycles. The number of alkyl halides is 3. The second kappa shape index (κ2) is 8.98. The van der Waals surface area contributed by atoms with E-state index in [9.17, 15) is 22.8 Å². The van der Waals surface area contributed by atoms with Gasteiger partial charge in [0, 0.05) is 18.8 Å². The van der Waals surface area contributed by atoms with Gasteiger partial charge in [0.1, 0.15) is 0 Å². The molecule has 3 rings (SSSR count). The largest absolute Gasteiger partial charge is 0.471 e. The van der Waals surface area contributed by atoms with Crippen LogP contribution in [0.4, 0.5) is 18.9 Å². The average Bonchev–Trinajstić information content (AvgIpc) is 2.71. The van der Waals surface area contributed by atoms with E-state index in [1.54, 1.807) is 24.3 Å². The molecular formula is C23H21F3N2O2. The second-order valence-corrected chi connectivity index (χ2v) is 6.92. The van der Waals surface area contributed by atoms with E-state index in [4.69, 9.17) is 0 Å². The first-order chi connectivity index (χ1) is 14.3. The Morgan fingerprint density at radius 2 is 1.63 bits per heavy atom. The molecule has 0 atom stereocenters. The summed E-state index contributed by atoms with van der Waals surface area (Å²) in [6.45, 7) is 1.22. The first-order valence-corrected chi connectivity index (χ1v) is 9.49. The molecule has 0 fully saturated rings. The summed E-state index contributed by atoms with van der Waals surface area (Å²) in [5, 5.41) is 4.89. The normalized spacial score (nSPS) is 11.3. The van der Waals surface area contributed by atoms with Crippen LogP contribution in [0.5, 0.6) is 0 Å². The van der Waals surface area contributed by atoms with Gasteiger partial charge in [0.25, 0.3) is 0 Å². The SMILES string of the molecule is CCN(Cc1cccc(NC(=O)Cc2ccc3ccccc3c2)c1)C(=O)C(F)(F)F. The predicted octanol–water partition coefficient (Wildman–Crippen LogP) is 4.93. The van der Waals surface area contributed by atoms with Crippen molar-refractivity contribution in [3.05, 3.63) is 77.9 Å². The molecule has 0 saturated heterocycles. The fourth-order valence-electron chi connectivity index (χ4n) is 3.21. The summed E-state index contributed by atoms with van der Waals surface area (Å²) in [6, 6.07) is 20.1. The zero-order valence-corrected chi connectivity index (χ0v) is 16.4. The van der Waals surface area contributed by atoms with Gasteiger partial charge in [0.2, 0.25) is 5.91 Å². The monoisotopic (exact) mass is 414 g/mol. The van der Waals surface area contributed by atoms with Gasteiger partial charge in [-0.05, 0) is 41.0 Å². The first-order valence-electron chi connectivity index (χ1n) is 9.49. The van der Waals surface area contributed by atoms with Crippen LogP contribution < -0.4 is 5.32 Å². The van der Waals surface area contributed by atoms with Gasteiger partial charge >= 0.3 is 12.1 Å². The van der Waals surface area contributed by atoms with Crippen LogP contribution in [0.25, 0.3) is 10.8 Å². The summed E-state index contributed by atoms with van der Waals surface area (Å²) >= 11 is 0. The Morgan fingerprint density at radius 3 is 2.33 bits per heavy atom. The molecule has 156 valence electrons. The van der Waals surface area contributed by atoms with Crippen LogP contribution in [0.1, 0.15) is 18.1 Å². The Balaban J connectivity index is 1.66. The third-order valence-corrected chi connectivity index (χ3v) is 4.67. The van der Waals surface area contributed by atoms with E-state index >= 15 is 0 Å². The van der Waals surface area contributed by atoms with Crippen molar-refractivity contribution in [2.45, 2.75) is 26.1 Å². The summed E-state index contributed by atoms with van der Waals surface area (Å²) in [5.41, 5.74) is 1.82. The number of carbonyl (C=O) groups is 2. The summed E-state index contributed by atoms with van der Waals surface area (Å²) < 4.78 is 38.1. The topological polar surface area (TPSA) is 49.4 Å². The Labute approximate surface area is 172 Å². The predicted molar refractivity (Wildman–Crippen MR) is 110 cm³/mol. The van der Waals surface area contributed by atoms with Crippen LogP contribution >= 0.6 is 0 Å². The van der Waals surface area contributed by atoms with E-state index in [0.717, 1.165) is 21.2 Å². The molecule has 0 spiro atoms. The standard InChI is InChI=1S/C23H21F3N2O2/c1-2-28(22(30)23(24,25)26)15-17-6-5-9-20(13-17)27-21(29)14-16-10-11-18-7-3-4-8-19(18)12-16/h3-13H,2,14-15H2,1H3,(H,27,29). The number of nitrogens with zero attached hydrogens (tertiary/aromatic N) is 1. The van der Waals surface area contributed by atoms with Crippen LogP contribution in [-0.4, -0.2) is 29.4 Å².